The number of amides is 1. The molecule has 3 aromatic rings. The van der Waals surface area contributed by atoms with E-state index in [1.807, 2.05) is 24.5 Å². The van der Waals surface area contributed by atoms with E-state index in [9.17, 15) is 9.59 Å². The van der Waals surface area contributed by atoms with E-state index in [1.54, 1.807) is 23.6 Å². The molecule has 2 aliphatic rings. The van der Waals surface area contributed by atoms with Gasteiger partial charge in [0.15, 0.2) is 0 Å². The molecule has 1 aliphatic heterocycles. The Kier molecular flexibility index (Phi) is 5.20. The topological polar surface area (TPSA) is 102 Å². The van der Waals surface area contributed by atoms with Crippen LogP contribution in [0.3, 0.4) is 0 Å². The summed E-state index contributed by atoms with van der Waals surface area (Å²) in [7, 11) is 0. The van der Waals surface area contributed by atoms with Crippen molar-refractivity contribution in [2.24, 2.45) is 0 Å². The third-order valence-corrected chi connectivity index (χ3v) is 6.30. The molecule has 10 nitrogen and oxygen atoms in total. The Morgan fingerprint density at radius 2 is 1.72 bits per heavy atom. The number of hydrogen-bond acceptors (Lipinski definition) is 7. The van der Waals surface area contributed by atoms with Gasteiger partial charge in [0.05, 0.1) is 17.7 Å². The maximum absolute atomic E-state index is 12.8. The Morgan fingerprint density at radius 3 is 2.38 bits per heavy atom. The Morgan fingerprint density at radius 1 is 0.969 bits per heavy atom. The molecule has 1 saturated heterocycles. The maximum Gasteiger partial charge on any atom is 0.254 e. The normalized spacial score (nSPS) is 16.4. The van der Waals surface area contributed by atoms with Crippen LogP contribution < -0.4 is 10.5 Å². The molecular weight excluding hydrogens is 408 g/mol. The second-order valence-electron chi connectivity index (χ2n) is 8.44. The molecule has 1 amide bonds. The van der Waals surface area contributed by atoms with Crippen LogP contribution in [-0.4, -0.2) is 66.1 Å². The number of piperazine rings is 1. The highest BCUT2D eigenvalue weighted by Gasteiger charge is 2.26. The number of carbonyl (C=O) groups excluding carboxylic acids is 1. The molecule has 1 aliphatic carbocycles. The van der Waals surface area contributed by atoms with Gasteiger partial charge in [-0.25, -0.2) is 19.9 Å². The molecule has 0 unspecified atom stereocenters. The van der Waals surface area contributed by atoms with Crippen molar-refractivity contribution < 1.29 is 4.79 Å². The van der Waals surface area contributed by atoms with E-state index in [4.69, 9.17) is 0 Å². The Labute approximate surface area is 185 Å². The van der Waals surface area contributed by atoms with E-state index in [0.29, 0.717) is 32.1 Å². The zero-order chi connectivity index (χ0) is 22.2. The molecule has 4 heterocycles. The largest absolute Gasteiger partial charge is 0.353 e. The molecule has 0 N–H and O–H groups in total. The molecule has 32 heavy (non-hydrogen) atoms. The monoisotopic (exact) mass is 434 g/mol. The molecule has 2 fully saturated rings. The fourth-order valence-electron chi connectivity index (χ4n) is 3.96. The van der Waals surface area contributed by atoms with Gasteiger partial charge >= 0.3 is 0 Å². The van der Waals surface area contributed by atoms with Gasteiger partial charge in [-0.3, -0.25) is 18.7 Å². The molecule has 0 spiro atoms. The van der Waals surface area contributed by atoms with Gasteiger partial charge in [0.2, 0.25) is 5.91 Å². The summed E-state index contributed by atoms with van der Waals surface area (Å²) in [6, 6.07) is 3.51. The number of aromatic nitrogens is 6. The number of hydrogen-bond donors (Lipinski definition) is 0. The third-order valence-electron chi connectivity index (χ3n) is 6.30. The van der Waals surface area contributed by atoms with Crippen LogP contribution in [-0.2, 0) is 11.3 Å². The first-order chi connectivity index (χ1) is 15.5. The van der Waals surface area contributed by atoms with Crippen LogP contribution in [0.2, 0.25) is 0 Å². The zero-order valence-electron chi connectivity index (χ0n) is 18.3. The lowest BCUT2D eigenvalue weighted by molar-refractivity contribution is -0.132. The second kappa shape index (κ2) is 8.18. The number of anilines is 1. The first-order valence-corrected chi connectivity index (χ1v) is 10.9. The van der Waals surface area contributed by atoms with Gasteiger partial charge in [0.1, 0.15) is 30.8 Å². The van der Waals surface area contributed by atoms with Crippen LogP contribution in [0.4, 0.5) is 5.82 Å². The number of nitrogens with zero attached hydrogens (tertiary/aromatic N) is 8. The molecule has 3 aromatic heterocycles. The lowest BCUT2D eigenvalue weighted by Gasteiger charge is -2.35. The highest BCUT2D eigenvalue weighted by atomic mass is 16.2. The average molecular weight is 435 g/mol. The van der Waals surface area contributed by atoms with Crippen LogP contribution >= 0.6 is 0 Å². The van der Waals surface area contributed by atoms with E-state index >= 15 is 0 Å². The predicted octanol–water partition coefficient (Wildman–Crippen LogP) is 1.06. The highest BCUT2D eigenvalue weighted by Crippen LogP contribution is 2.38. The molecule has 0 atom stereocenters. The molecule has 166 valence electrons. The second-order valence-corrected chi connectivity index (χ2v) is 8.44. The summed E-state index contributed by atoms with van der Waals surface area (Å²) in [5.74, 6) is 1.95. The summed E-state index contributed by atoms with van der Waals surface area (Å²) in [5, 5.41) is 0. The molecule has 0 bridgehead atoms. The minimum absolute atomic E-state index is 0.0215. The van der Waals surface area contributed by atoms with Crippen molar-refractivity contribution in [3.8, 4) is 5.82 Å². The van der Waals surface area contributed by atoms with Crippen molar-refractivity contribution >= 4 is 11.7 Å². The van der Waals surface area contributed by atoms with Crippen molar-refractivity contribution in [3.63, 3.8) is 0 Å². The van der Waals surface area contributed by atoms with E-state index < -0.39 is 0 Å². The fraction of sp³-hybridized carbons (Fsp3) is 0.455. The molecule has 10 heteroatoms. The Balaban J connectivity index is 1.22. The van der Waals surface area contributed by atoms with Gasteiger partial charge in [-0.2, -0.15) is 0 Å². The van der Waals surface area contributed by atoms with E-state index in [-0.39, 0.29) is 18.0 Å². The standard InChI is InChI=1S/C22H26N8O2/c1-15-16(2)30(14-25-15)20-10-19(23-12-24-20)27-5-7-28(8-6-27)22(32)11-29-13-26-18(9-21(29)31)17-3-4-17/h9-10,12-14,17H,3-8,11H2,1-2H3. The number of carbonyl (C=O) groups is 1. The summed E-state index contributed by atoms with van der Waals surface area (Å²) in [6.07, 6.45) is 7.01. The molecule has 5 rings (SSSR count). The summed E-state index contributed by atoms with van der Waals surface area (Å²) in [4.78, 5) is 46.5. The van der Waals surface area contributed by atoms with Crippen LogP contribution in [0.25, 0.3) is 5.82 Å². The predicted molar refractivity (Wildman–Crippen MR) is 118 cm³/mol. The summed E-state index contributed by atoms with van der Waals surface area (Å²) < 4.78 is 3.34. The highest BCUT2D eigenvalue weighted by molar-refractivity contribution is 5.76. The Bertz CT molecular complexity index is 1200. The van der Waals surface area contributed by atoms with Crippen molar-refractivity contribution in [1.82, 2.24) is 34.0 Å². The van der Waals surface area contributed by atoms with Crippen molar-refractivity contribution in [3.05, 3.63) is 58.6 Å². The summed E-state index contributed by atoms with van der Waals surface area (Å²) in [6.45, 7) is 6.47. The van der Waals surface area contributed by atoms with Crippen LogP contribution in [0.5, 0.6) is 0 Å². The van der Waals surface area contributed by atoms with Gasteiger partial charge < -0.3 is 9.80 Å². The SMILES string of the molecule is Cc1ncn(-c2cc(N3CCN(C(=O)Cn4cnc(C5CC5)cc4=O)CC3)ncn2)c1C. The molecule has 1 saturated carbocycles. The van der Waals surface area contributed by atoms with Gasteiger partial charge in [0, 0.05) is 49.9 Å². The van der Waals surface area contributed by atoms with E-state index in [2.05, 4.69) is 24.8 Å². The zero-order valence-corrected chi connectivity index (χ0v) is 18.3. The van der Waals surface area contributed by atoms with Crippen LogP contribution in [0.15, 0.2) is 35.9 Å². The van der Waals surface area contributed by atoms with E-state index in [1.165, 1.54) is 10.9 Å². The first kappa shape index (κ1) is 20.3. The van der Waals surface area contributed by atoms with Crippen molar-refractivity contribution in [1.29, 1.82) is 0 Å². The van der Waals surface area contributed by atoms with Crippen molar-refractivity contribution in [2.45, 2.75) is 39.2 Å². The quantitative estimate of drug-likeness (QED) is 0.592. The van der Waals surface area contributed by atoms with Crippen LogP contribution in [0, 0.1) is 13.8 Å². The number of rotatable bonds is 5. The lowest BCUT2D eigenvalue weighted by Crippen LogP contribution is -2.50. The first-order valence-electron chi connectivity index (χ1n) is 10.9. The lowest BCUT2D eigenvalue weighted by atomic mass is 10.3. The number of imidazole rings is 1. The minimum Gasteiger partial charge on any atom is -0.353 e. The maximum atomic E-state index is 12.8. The van der Waals surface area contributed by atoms with Gasteiger partial charge in [-0.1, -0.05) is 0 Å². The van der Waals surface area contributed by atoms with Gasteiger partial charge in [0.25, 0.3) is 5.56 Å². The average Bonchev–Trinajstić information content (AvgIpc) is 3.61. The fourth-order valence-corrected chi connectivity index (χ4v) is 3.96. The molecule has 0 aromatic carbocycles. The van der Waals surface area contributed by atoms with Crippen molar-refractivity contribution in [2.75, 3.05) is 31.1 Å². The molecular formula is C22H26N8O2. The van der Waals surface area contributed by atoms with Crippen LogP contribution in [0.1, 0.15) is 35.8 Å². The molecule has 0 radical (unpaired) electrons. The van der Waals surface area contributed by atoms with Gasteiger partial charge in [-0.05, 0) is 26.7 Å². The summed E-state index contributed by atoms with van der Waals surface area (Å²) in [5.41, 5.74) is 2.69. The van der Waals surface area contributed by atoms with E-state index in [0.717, 1.165) is 41.6 Å². The smallest absolute Gasteiger partial charge is 0.254 e. The van der Waals surface area contributed by atoms with Gasteiger partial charge in [-0.15, -0.1) is 0 Å². The Hall–Kier alpha value is -3.56. The number of aryl methyl sites for hydroxylation is 1. The minimum atomic E-state index is -0.160. The third kappa shape index (κ3) is 4.00. The summed E-state index contributed by atoms with van der Waals surface area (Å²) >= 11 is 0.